The average molecular weight is 197 g/mol. The van der Waals surface area contributed by atoms with Crippen molar-refractivity contribution in [2.24, 2.45) is 0 Å². The van der Waals surface area contributed by atoms with E-state index in [0.717, 1.165) is 0 Å². The van der Waals surface area contributed by atoms with Gasteiger partial charge in [0.05, 0.1) is 37.9 Å². The predicted octanol–water partition coefficient (Wildman–Crippen LogP) is -1.10. The Labute approximate surface area is 80.3 Å². The Kier molecular flexibility index (Phi) is 2.47. The fraction of sp³-hybridized carbons (Fsp3) is 0.500. The first kappa shape index (κ1) is 9.17. The summed E-state index contributed by atoms with van der Waals surface area (Å²) in [4.78, 5) is 17.9. The number of H-pyrrole nitrogens is 1. The van der Waals surface area contributed by atoms with Crippen LogP contribution in [-0.4, -0.2) is 46.3 Å². The summed E-state index contributed by atoms with van der Waals surface area (Å²) in [6, 6.07) is -0.328. The smallest absolute Gasteiger partial charge is 0.269 e. The molecule has 1 amide bonds. The molecule has 1 aromatic heterocycles. The summed E-state index contributed by atoms with van der Waals surface area (Å²) in [5.74, 6) is -0.281. The zero-order valence-corrected chi connectivity index (χ0v) is 7.43. The highest BCUT2D eigenvalue weighted by molar-refractivity contribution is 5.92. The van der Waals surface area contributed by atoms with Crippen LogP contribution in [0.5, 0.6) is 0 Å². The van der Waals surface area contributed by atoms with Crippen molar-refractivity contribution in [1.29, 1.82) is 0 Å². The molecular weight excluding hydrogens is 186 g/mol. The van der Waals surface area contributed by atoms with Crippen LogP contribution < -0.4 is 5.32 Å². The van der Waals surface area contributed by atoms with E-state index in [1.54, 1.807) is 0 Å². The monoisotopic (exact) mass is 197 g/mol. The lowest BCUT2D eigenvalue weighted by Gasteiger charge is -2.13. The second-order valence-corrected chi connectivity index (χ2v) is 3.15. The molecule has 6 nitrogen and oxygen atoms in total. The summed E-state index contributed by atoms with van der Waals surface area (Å²) in [6.07, 6.45) is 2.23. The Hall–Kier alpha value is -1.40. The van der Waals surface area contributed by atoms with Crippen LogP contribution >= 0.6 is 0 Å². The lowest BCUT2D eigenvalue weighted by Crippen LogP contribution is -2.42. The molecule has 2 heterocycles. The maximum atomic E-state index is 11.5. The summed E-state index contributed by atoms with van der Waals surface area (Å²) in [5.41, 5.74) is 0.379. The first-order chi connectivity index (χ1) is 6.77. The maximum absolute atomic E-state index is 11.5. The molecule has 0 unspecified atom stereocenters. The van der Waals surface area contributed by atoms with Gasteiger partial charge in [-0.25, -0.2) is 4.98 Å². The molecule has 3 N–H and O–H groups in total. The number of hydrogen-bond donors (Lipinski definition) is 3. The maximum Gasteiger partial charge on any atom is 0.269 e. The van der Waals surface area contributed by atoms with Gasteiger partial charge in [0.15, 0.2) is 0 Å². The van der Waals surface area contributed by atoms with Gasteiger partial charge < -0.3 is 20.1 Å². The number of ether oxygens (including phenoxy) is 1. The van der Waals surface area contributed by atoms with Crippen molar-refractivity contribution < 1.29 is 14.6 Å². The van der Waals surface area contributed by atoms with Crippen molar-refractivity contribution in [1.82, 2.24) is 15.3 Å². The molecule has 0 aromatic carbocycles. The van der Waals surface area contributed by atoms with Crippen molar-refractivity contribution in [3.63, 3.8) is 0 Å². The zero-order valence-electron chi connectivity index (χ0n) is 7.43. The van der Waals surface area contributed by atoms with Crippen LogP contribution in [0.2, 0.25) is 0 Å². The minimum atomic E-state index is -0.623. The number of aromatic nitrogens is 2. The van der Waals surface area contributed by atoms with Gasteiger partial charge >= 0.3 is 0 Å². The van der Waals surface area contributed by atoms with Gasteiger partial charge in [0.1, 0.15) is 5.69 Å². The number of carbonyl (C=O) groups is 1. The highest BCUT2D eigenvalue weighted by Gasteiger charge is 2.27. The molecule has 0 saturated carbocycles. The number of imidazole rings is 1. The number of rotatable bonds is 2. The third kappa shape index (κ3) is 1.75. The molecule has 1 aliphatic rings. The normalized spacial score (nSPS) is 26.4. The standard InChI is InChI=1S/C8H11N3O3/c12-7-3-14-2-6(7)11-8(13)5-1-9-4-10-5/h1,4,6-7,12H,2-3H2,(H,9,10)(H,11,13)/t6-,7-/m1/s1. The van der Waals surface area contributed by atoms with Crippen molar-refractivity contribution in [2.75, 3.05) is 13.2 Å². The van der Waals surface area contributed by atoms with E-state index in [1.165, 1.54) is 12.5 Å². The molecule has 0 spiro atoms. The molecule has 6 heteroatoms. The molecule has 1 saturated heterocycles. The largest absolute Gasteiger partial charge is 0.388 e. The lowest BCUT2D eigenvalue weighted by atomic mass is 10.2. The van der Waals surface area contributed by atoms with Crippen LogP contribution in [0.4, 0.5) is 0 Å². The summed E-state index contributed by atoms with van der Waals surface area (Å²) in [6.45, 7) is 0.620. The number of aliphatic hydroxyl groups is 1. The van der Waals surface area contributed by atoms with Crippen molar-refractivity contribution in [3.8, 4) is 0 Å². The number of carbonyl (C=O) groups excluding carboxylic acids is 1. The topological polar surface area (TPSA) is 87.2 Å². The summed E-state index contributed by atoms with van der Waals surface area (Å²) < 4.78 is 5.00. The number of amides is 1. The Morgan fingerprint density at radius 2 is 2.57 bits per heavy atom. The summed E-state index contributed by atoms with van der Waals surface area (Å²) in [7, 11) is 0. The van der Waals surface area contributed by atoms with Crippen LogP contribution in [0.3, 0.4) is 0 Å². The third-order valence-corrected chi connectivity index (χ3v) is 2.11. The third-order valence-electron chi connectivity index (χ3n) is 2.11. The fourth-order valence-corrected chi connectivity index (χ4v) is 1.31. The van der Waals surface area contributed by atoms with E-state index in [9.17, 15) is 9.90 Å². The molecule has 0 radical (unpaired) electrons. The second-order valence-electron chi connectivity index (χ2n) is 3.15. The Morgan fingerprint density at radius 3 is 3.14 bits per heavy atom. The molecule has 1 fully saturated rings. The summed E-state index contributed by atoms with van der Waals surface area (Å²) >= 11 is 0. The van der Waals surface area contributed by atoms with E-state index in [4.69, 9.17) is 4.74 Å². The number of nitrogens with zero attached hydrogens (tertiary/aromatic N) is 1. The van der Waals surface area contributed by atoms with Crippen LogP contribution in [0.1, 0.15) is 10.5 Å². The molecule has 1 aromatic rings. The number of nitrogens with one attached hydrogen (secondary N) is 2. The van der Waals surface area contributed by atoms with Crippen molar-refractivity contribution in [3.05, 3.63) is 18.2 Å². The zero-order chi connectivity index (χ0) is 9.97. The van der Waals surface area contributed by atoms with Crippen LogP contribution in [0.15, 0.2) is 12.5 Å². The SMILES string of the molecule is O=C(N[C@@H]1COC[C@H]1O)c1cnc[nH]1. The predicted molar refractivity (Wildman–Crippen MR) is 46.7 cm³/mol. The van der Waals surface area contributed by atoms with Crippen LogP contribution in [0.25, 0.3) is 0 Å². The highest BCUT2D eigenvalue weighted by atomic mass is 16.5. The van der Waals surface area contributed by atoms with Gasteiger partial charge in [-0.05, 0) is 0 Å². The molecule has 0 bridgehead atoms. The van der Waals surface area contributed by atoms with E-state index < -0.39 is 6.10 Å². The van der Waals surface area contributed by atoms with Gasteiger partial charge in [0.25, 0.3) is 5.91 Å². The van der Waals surface area contributed by atoms with Gasteiger partial charge in [-0.2, -0.15) is 0 Å². The summed E-state index contributed by atoms with van der Waals surface area (Å²) in [5, 5.41) is 12.0. The lowest BCUT2D eigenvalue weighted by molar-refractivity contribution is 0.0882. The van der Waals surface area contributed by atoms with Gasteiger partial charge in [0.2, 0.25) is 0 Å². The average Bonchev–Trinajstić information content (AvgIpc) is 2.77. The molecule has 2 rings (SSSR count). The Bertz CT molecular complexity index is 312. The Morgan fingerprint density at radius 1 is 1.71 bits per heavy atom. The molecule has 14 heavy (non-hydrogen) atoms. The minimum Gasteiger partial charge on any atom is -0.388 e. The Balaban J connectivity index is 1.95. The minimum absolute atomic E-state index is 0.272. The van der Waals surface area contributed by atoms with E-state index >= 15 is 0 Å². The van der Waals surface area contributed by atoms with Crippen molar-refractivity contribution in [2.45, 2.75) is 12.1 Å². The molecule has 76 valence electrons. The van der Waals surface area contributed by atoms with Crippen LogP contribution in [0, 0.1) is 0 Å². The first-order valence-electron chi connectivity index (χ1n) is 4.32. The van der Waals surface area contributed by atoms with E-state index in [0.29, 0.717) is 12.3 Å². The molecular formula is C8H11N3O3. The van der Waals surface area contributed by atoms with E-state index in [-0.39, 0.29) is 18.6 Å². The van der Waals surface area contributed by atoms with Gasteiger partial charge in [-0.15, -0.1) is 0 Å². The van der Waals surface area contributed by atoms with Gasteiger partial charge in [-0.1, -0.05) is 0 Å². The number of hydrogen-bond acceptors (Lipinski definition) is 4. The van der Waals surface area contributed by atoms with E-state index in [2.05, 4.69) is 15.3 Å². The van der Waals surface area contributed by atoms with Gasteiger partial charge in [-0.3, -0.25) is 4.79 Å². The highest BCUT2D eigenvalue weighted by Crippen LogP contribution is 2.05. The van der Waals surface area contributed by atoms with Crippen molar-refractivity contribution >= 4 is 5.91 Å². The number of aliphatic hydroxyl groups excluding tert-OH is 1. The quantitative estimate of drug-likeness (QED) is 0.561. The van der Waals surface area contributed by atoms with Crippen LogP contribution in [-0.2, 0) is 4.74 Å². The second kappa shape index (κ2) is 3.77. The van der Waals surface area contributed by atoms with E-state index in [1.807, 2.05) is 0 Å². The molecule has 1 aliphatic heterocycles. The van der Waals surface area contributed by atoms with Gasteiger partial charge in [0, 0.05) is 0 Å². The molecule has 2 atom stereocenters. The molecule has 0 aliphatic carbocycles. The number of aromatic amines is 1. The fourth-order valence-electron chi connectivity index (χ4n) is 1.31. The first-order valence-corrected chi connectivity index (χ1v) is 4.32.